The van der Waals surface area contributed by atoms with Crippen molar-refractivity contribution in [3.05, 3.63) is 59.2 Å². The normalized spacial score (nSPS) is 25.5. The van der Waals surface area contributed by atoms with Gasteiger partial charge < -0.3 is 10.6 Å². The van der Waals surface area contributed by atoms with Gasteiger partial charge in [0.25, 0.3) is 11.8 Å². The van der Waals surface area contributed by atoms with Crippen molar-refractivity contribution < 1.29 is 18.4 Å². The summed E-state index contributed by atoms with van der Waals surface area (Å²) in [5.74, 6) is -2.36. The molecule has 2 aromatic rings. The Labute approximate surface area is 167 Å². The fourth-order valence-electron chi connectivity index (χ4n) is 4.71. The highest BCUT2D eigenvalue weighted by molar-refractivity contribution is 5.95. The average molecular weight is 400 g/mol. The molecule has 2 unspecified atom stereocenters. The number of rotatable bonds is 4. The SMILES string of the molecule is Cc1cncc(C(=O)NC23CCCC(NC(=O)c4cc(F)cc(F)c4)(CC2)C3)n1. The first-order valence-electron chi connectivity index (χ1n) is 9.68. The molecule has 2 amide bonds. The van der Waals surface area contributed by atoms with Crippen LogP contribution in [0.4, 0.5) is 8.78 Å². The molecular formula is C21H22F2N4O2. The average Bonchev–Trinajstić information content (AvgIpc) is 2.90. The molecule has 8 heteroatoms. The summed E-state index contributed by atoms with van der Waals surface area (Å²) in [5, 5.41) is 6.10. The van der Waals surface area contributed by atoms with Crippen LogP contribution in [0.1, 0.15) is 65.1 Å². The van der Waals surface area contributed by atoms with E-state index in [0.717, 1.165) is 43.9 Å². The van der Waals surface area contributed by atoms with E-state index in [-0.39, 0.29) is 17.2 Å². The van der Waals surface area contributed by atoms with Crippen molar-refractivity contribution in [3.8, 4) is 0 Å². The second kappa shape index (κ2) is 7.17. The van der Waals surface area contributed by atoms with Crippen LogP contribution >= 0.6 is 0 Å². The maximum Gasteiger partial charge on any atom is 0.271 e. The number of halogens is 2. The molecule has 4 rings (SSSR count). The summed E-state index contributed by atoms with van der Waals surface area (Å²) in [6.07, 6.45) is 7.41. The minimum atomic E-state index is -0.788. The van der Waals surface area contributed by atoms with Gasteiger partial charge >= 0.3 is 0 Å². The lowest BCUT2D eigenvalue weighted by molar-refractivity contribution is 0.0828. The van der Waals surface area contributed by atoms with E-state index < -0.39 is 28.6 Å². The maximum absolute atomic E-state index is 13.5. The Morgan fingerprint density at radius 1 is 0.931 bits per heavy atom. The zero-order valence-corrected chi connectivity index (χ0v) is 16.1. The molecule has 2 N–H and O–H groups in total. The third-order valence-electron chi connectivity index (χ3n) is 5.94. The van der Waals surface area contributed by atoms with Crippen molar-refractivity contribution in [1.29, 1.82) is 0 Å². The zero-order valence-electron chi connectivity index (χ0n) is 16.1. The Morgan fingerprint density at radius 2 is 1.55 bits per heavy atom. The van der Waals surface area contributed by atoms with Crippen molar-refractivity contribution in [2.24, 2.45) is 0 Å². The van der Waals surface area contributed by atoms with Crippen LogP contribution in [0.2, 0.25) is 0 Å². The van der Waals surface area contributed by atoms with Crippen LogP contribution in [-0.2, 0) is 0 Å². The summed E-state index contributed by atoms with van der Waals surface area (Å²) in [6.45, 7) is 1.77. The maximum atomic E-state index is 13.5. The fourth-order valence-corrected chi connectivity index (χ4v) is 4.71. The minimum Gasteiger partial charge on any atom is -0.347 e. The molecule has 2 bridgehead atoms. The van der Waals surface area contributed by atoms with Crippen molar-refractivity contribution >= 4 is 11.8 Å². The Bertz CT molecular complexity index is 963. The van der Waals surface area contributed by atoms with E-state index in [0.29, 0.717) is 18.5 Å². The number of nitrogens with zero attached hydrogens (tertiary/aromatic N) is 2. The number of nitrogens with one attached hydrogen (secondary N) is 2. The molecule has 1 heterocycles. The van der Waals surface area contributed by atoms with E-state index in [1.807, 2.05) is 0 Å². The lowest BCUT2D eigenvalue weighted by atomic mass is 9.78. The molecule has 1 aromatic heterocycles. The first kappa shape index (κ1) is 19.4. The Morgan fingerprint density at radius 3 is 2.17 bits per heavy atom. The second-order valence-corrected chi connectivity index (χ2v) is 8.20. The molecule has 0 spiro atoms. The molecule has 2 fully saturated rings. The van der Waals surface area contributed by atoms with Gasteiger partial charge in [-0.2, -0.15) is 0 Å². The molecular weight excluding hydrogens is 378 g/mol. The molecule has 0 radical (unpaired) electrons. The van der Waals surface area contributed by atoms with E-state index >= 15 is 0 Å². The molecule has 2 aliphatic rings. The molecule has 0 saturated heterocycles. The van der Waals surface area contributed by atoms with E-state index in [9.17, 15) is 18.4 Å². The Kier molecular flexibility index (Phi) is 4.80. The summed E-state index contributed by atoms with van der Waals surface area (Å²) >= 11 is 0. The summed E-state index contributed by atoms with van der Waals surface area (Å²) in [7, 11) is 0. The summed E-state index contributed by atoms with van der Waals surface area (Å²) in [6, 6.07) is 2.79. The van der Waals surface area contributed by atoms with Crippen LogP contribution in [0, 0.1) is 18.6 Å². The lowest BCUT2D eigenvalue weighted by Gasteiger charge is -2.40. The van der Waals surface area contributed by atoms with Crippen molar-refractivity contribution in [2.75, 3.05) is 0 Å². The Balaban J connectivity index is 1.49. The highest BCUT2D eigenvalue weighted by Crippen LogP contribution is 2.48. The molecule has 2 saturated carbocycles. The highest BCUT2D eigenvalue weighted by atomic mass is 19.1. The smallest absolute Gasteiger partial charge is 0.271 e. The molecule has 1 aromatic carbocycles. The van der Waals surface area contributed by atoms with Gasteiger partial charge in [0.1, 0.15) is 17.3 Å². The van der Waals surface area contributed by atoms with Crippen LogP contribution < -0.4 is 10.6 Å². The van der Waals surface area contributed by atoms with Crippen LogP contribution in [0.5, 0.6) is 0 Å². The number of aryl methyl sites for hydroxylation is 1. The molecule has 152 valence electrons. The Hall–Kier alpha value is -2.90. The summed E-state index contributed by atoms with van der Waals surface area (Å²) in [4.78, 5) is 33.6. The minimum absolute atomic E-state index is 0.0426. The zero-order chi connectivity index (χ0) is 20.6. The molecule has 2 atom stereocenters. The van der Waals surface area contributed by atoms with E-state index in [1.54, 1.807) is 13.1 Å². The van der Waals surface area contributed by atoms with E-state index in [2.05, 4.69) is 20.6 Å². The predicted molar refractivity (Wildman–Crippen MR) is 101 cm³/mol. The van der Waals surface area contributed by atoms with Gasteiger partial charge in [-0.3, -0.25) is 14.6 Å². The summed E-state index contributed by atoms with van der Waals surface area (Å²) < 4.78 is 26.9. The molecule has 2 aliphatic carbocycles. The number of carbonyl (C=O) groups is 2. The largest absolute Gasteiger partial charge is 0.347 e. The monoisotopic (exact) mass is 400 g/mol. The van der Waals surface area contributed by atoms with Gasteiger partial charge in [-0.25, -0.2) is 13.8 Å². The number of hydrogen-bond donors (Lipinski definition) is 2. The van der Waals surface area contributed by atoms with Crippen molar-refractivity contribution in [1.82, 2.24) is 20.6 Å². The van der Waals surface area contributed by atoms with Crippen molar-refractivity contribution in [2.45, 2.75) is 56.5 Å². The molecule has 6 nitrogen and oxygen atoms in total. The van der Waals surface area contributed by atoms with Gasteiger partial charge in [0, 0.05) is 28.9 Å². The van der Waals surface area contributed by atoms with Gasteiger partial charge in [0.15, 0.2) is 0 Å². The first-order chi connectivity index (χ1) is 13.8. The fraction of sp³-hybridized carbons (Fsp3) is 0.429. The number of benzene rings is 1. The van der Waals surface area contributed by atoms with Gasteiger partial charge in [-0.05, 0) is 57.6 Å². The first-order valence-corrected chi connectivity index (χ1v) is 9.68. The molecule has 0 aliphatic heterocycles. The van der Waals surface area contributed by atoms with E-state index in [1.165, 1.54) is 6.20 Å². The quantitative estimate of drug-likeness (QED) is 0.826. The molecule has 29 heavy (non-hydrogen) atoms. The van der Waals surface area contributed by atoms with Gasteiger partial charge in [0.2, 0.25) is 0 Å². The number of fused-ring (bicyclic) bond motifs is 2. The van der Waals surface area contributed by atoms with Gasteiger partial charge in [-0.15, -0.1) is 0 Å². The number of carbonyl (C=O) groups excluding carboxylic acids is 2. The van der Waals surface area contributed by atoms with E-state index in [4.69, 9.17) is 0 Å². The standard InChI is InChI=1S/C21H22F2N4O2/c1-13-10-24-11-17(25-13)19(29)27-21-4-2-3-20(12-21,5-6-21)26-18(28)14-7-15(22)9-16(23)8-14/h7-11H,2-6,12H2,1H3,(H,26,28)(H,27,29). The van der Waals surface area contributed by atoms with Gasteiger partial charge in [0.05, 0.1) is 11.9 Å². The highest BCUT2D eigenvalue weighted by Gasteiger charge is 2.52. The van der Waals surface area contributed by atoms with Crippen LogP contribution in [0.3, 0.4) is 0 Å². The van der Waals surface area contributed by atoms with Gasteiger partial charge in [-0.1, -0.05) is 0 Å². The van der Waals surface area contributed by atoms with Crippen LogP contribution in [-0.4, -0.2) is 32.9 Å². The van der Waals surface area contributed by atoms with Crippen molar-refractivity contribution in [3.63, 3.8) is 0 Å². The van der Waals surface area contributed by atoms with Crippen LogP contribution in [0.25, 0.3) is 0 Å². The topological polar surface area (TPSA) is 84.0 Å². The number of hydrogen-bond acceptors (Lipinski definition) is 4. The van der Waals surface area contributed by atoms with Crippen LogP contribution in [0.15, 0.2) is 30.6 Å². The number of amides is 2. The third-order valence-corrected chi connectivity index (χ3v) is 5.94. The number of aromatic nitrogens is 2. The lowest BCUT2D eigenvalue weighted by Crippen LogP contribution is -2.55. The third kappa shape index (κ3) is 3.97. The second-order valence-electron chi connectivity index (χ2n) is 8.20. The summed E-state index contributed by atoms with van der Waals surface area (Å²) in [5.41, 5.74) is -0.0415. The predicted octanol–water partition coefficient (Wildman–Crippen LogP) is 3.07.